The first-order chi connectivity index (χ1) is 11.8. The first-order valence-electron chi connectivity index (χ1n) is 9.51. The third-order valence-corrected chi connectivity index (χ3v) is 3.56. The summed E-state index contributed by atoms with van der Waals surface area (Å²) in [6.45, 7) is 3.83. The molecule has 0 aliphatic carbocycles. The van der Waals surface area contributed by atoms with E-state index in [1.165, 1.54) is 6.42 Å². The predicted octanol–water partition coefficient (Wildman–Crippen LogP) is 7.28. The van der Waals surface area contributed by atoms with Crippen LogP contribution in [0.3, 0.4) is 0 Å². The van der Waals surface area contributed by atoms with Crippen LogP contribution in [-0.2, 0) is 4.79 Å². The molecule has 0 spiro atoms. The van der Waals surface area contributed by atoms with Crippen molar-refractivity contribution in [2.75, 3.05) is 0 Å². The van der Waals surface area contributed by atoms with Crippen molar-refractivity contribution >= 4 is 5.78 Å². The number of Topliss-reactive ketones (excluding diaryl/α,β-unsaturated/α-hetero) is 1. The van der Waals surface area contributed by atoms with Crippen LogP contribution in [0.15, 0.2) is 60.8 Å². The van der Waals surface area contributed by atoms with E-state index in [1.54, 1.807) is 6.92 Å². The summed E-state index contributed by atoms with van der Waals surface area (Å²) in [6, 6.07) is 0. The van der Waals surface area contributed by atoms with Crippen molar-refractivity contribution in [3.63, 3.8) is 0 Å². The van der Waals surface area contributed by atoms with E-state index in [-0.39, 0.29) is 0 Å². The van der Waals surface area contributed by atoms with Gasteiger partial charge < -0.3 is 4.79 Å². The van der Waals surface area contributed by atoms with Gasteiger partial charge in [-0.05, 0) is 58.3 Å². The van der Waals surface area contributed by atoms with Crippen LogP contribution in [0.2, 0.25) is 0 Å². The zero-order valence-electron chi connectivity index (χ0n) is 15.8. The molecule has 0 saturated heterocycles. The average molecular weight is 329 g/mol. The maximum atomic E-state index is 10.8. The fourth-order valence-electron chi connectivity index (χ4n) is 2.18. The molecule has 0 bridgehead atoms. The van der Waals surface area contributed by atoms with Crippen molar-refractivity contribution in [2.45, 2.75) is 78.1 Å². The van der Waals surface area contributed by atoms with Gasteiger partial charge in [-0.1, -0.05) is 74.1 Å². The lowest BCUT2D eigenvalue weighted by atomic mass is 10.1. The molecule has 1 nitrogen and oxygen atoms in total. The Morgan fingerprint density at radius 1 is 0.625 bits per heavy atom. The summed E-state index contributed by atoms with van der Waals surface area (Å²) in [7, 11) is 0. The van der Waals surface area contributed by atoms with E-state index >= 15 is 0 Å². The second-order valence-corrected chi connectivity index (χ2v) is 6.01. The van der Waals surface area contributed by atoms with Gasteiger partial charge in [0.15, 0.2) is 0 Å². The minimum absolute atomic E-state index is 0.310. The highest BCUT2D eigenvalue weighted by Crippen LogP contribution is 2.04. The van der Waals surface area contributed by atoms with Gasteiger partial charge in [0, 0.05) is 6.42 Å². The maximum absolute atomic E-state index is 10.8. The number of unbranched alkanes of at least 4 members (excludes halogenated alkanes) is 3. The van der Waals surface area contributed by atoms with Crippen LogP contribution in [0.1, 0.15) is 78.1 Å². The number of hydrogen-bond acceptors (Lipinski definition) is 1. The summed E-state index contributed by atoms with van der Waals surface area (Å²) in [5, 5.41) is 0. The van der Waals surface area contributed by atoms with E-state index in [1.807, 2.05) is 0 Å². The Balaban J connectivity index is 3.42. The molecule has 0 aromatic heterocycles. The lowest BCUT2D eigenvalue weighted by Crippen LogP contribution is -1.88. The largest absolute Gasteiger partial charge is 0.300 e. The summed E-state index contributed by atoms with van der Waals surface area (Å²) in [6.07, 6.45) is 32.7. The van der Waals surface area contributed by atoms with Gasteiger partial charge in [-0.15, -0.1) is 0 Å². The molecule has 1 heteroatoms. The molecule has 0 heterocycles. The van der Waals surface area contributed by atoms with E-state index in [4.69, 9.17) is 0 Å². The molecular weight excluding hydrogens is 292 g/mol. The third kappa shape index (κ3) is 20.4. The van der Waals surface area contributed by atoms with Crippen LogP contribution in [0.25, 0.3) is 0 Å². The zero-order valence-corrected chi connectivity index (χ0v) is 15.8. The summed E-state index contributed by atoms with van der Waals surface area (Å²) in [5.41, 5.74) is 0. The van der Waals surface area contributed by atoms with E-state index in [0.717, 1.165) is 57.8 Å². The molecule has 0 fully saturated rings. The minimum Gasteiger partial charge on any atom is -0.300 e. The molecule has 0 aliphatic heterocycles. The Labute approximate surface area is 149 Å². The molecule has 24 heavy (non-hydrogen) atoms. The highest BCUT2D eigenvalue weighted by molar-refractivity contribution is 5.75. The van der Waals surface area contributed by atoms with E-state index in [0.29, 0.717) is 5.78 Å². The molecular formula is C23H36O. The van der Waals surface area contributed by atoms with Gasteiger partial charge in [-0.2, -0.15) is 0 Å². The van der Waals surface area contributed by atoms with E-state index < -0.39 is 0 Å². The molecule has 0 aromatic carbocycles. The lowest BCUT2D eigenvalue weighted by molar-refractivity contribution is -0.117. The van der Waals surface area contributed by atoms with Crippen LogP contribution in [0.4, 0.5) is 0 Å². The molecule has 0 rings (SSSR count). The lowest BCUT2D eigenvalue weighted by Gasteiger charge is -1.95. The topological polar surface area (TPSA) is 17.1 Å². The van der Waals surface area contributed by atoms with Gasteiger partial charge in [0.2, 0.25) is 0 Å². The van der Waals surface area contributed by atoms with Crippen LogP contribution in [0, 0.1) is 0 Å². The molecule has 0 amide bonds. The molecule has 0 unspecified atom stereocenters. The monoisotopic (exact) mass is 328 g/mol. The van der Waals surface area contributed by atoms with Crippen LogP contribution in [0.5, 0.6) is 0 Å². The second-order valence-electron chi connectivity index (χ2n) is 6.01. The first-order valence-corrected chi connectivity index (χ1v) is 9.51. The highest BCUT2D eigenvalue weighted by atomic mass is 16.1. The Morgan fingerprint density at radius 2 is 1.08 bits per heavy atom. The highest BCUT2D eigenvalue weighted by Gasteiger charge is 1.92. The van der Waals surface area contributed by atoms with E-state index in [2.05, 4.69) is 67.7 Å². The summed E-state index contributed by atoms with van der Waals surface area (Å²) < 4.78 is 0. The van der Waals surface area contributed by atoms with Crippen LogP contribution >= 0.6 is 0 Å². The Kier molecular flexibility index (Phi) is 18.1. The van der Waals surface area contributed by atoms with Crippen LogP contribution in [-0.4, -0.2) is 5.78 Å². The fourth-order valence-corrected chi connectivity index (χ4v) is 2.18. The van der Waals surface area contributed by atoms with Crippen molar-refractivity contribution in [3.8, 4) is 0 Å². The zero-order chi connectivity index (χ0) is 17.7. The minimum atomic E-state index is 0.310. The summed E-state index contributed by atoms with van der Waals surface area (Å²) in [4.78, 5) is 10.8. The first kappa shape index (κ1) is 22.4. The van der Waals surface area contributed by atoms with Crippen molar-refractivity contribution in [2.24, 2.45) is 0 Å². The number of rotatable bonds is 15. The standard InChI is InChI=1S/C23H36O/c1-3-4-5-6-7-8-9-10-11-12-13-14-15-16-17-18-19-20-21-22-23(2)24/h4-5,7-8,10-11,13-14,16-17H,3,6,9,12,15,18-22H2,1-2H3/b5-4-,8-7-,11-10-,14-13-,17-16-. The molecule has 0 aromatic rings. The third-order valence-electron chi connectivity index (χ3n) is 3.56. The summed E-state index contributed by atoms with van der Waals surface area (Å²) >= 11 is 0. The molecule has 0 saturated carbocycles. The maximum Gasteiger partial charge on any atom is 0.129 e. The van der Waals surface area contributed by atoms with Gasteiger partial charge in [-0.25, -0.2) is 0 Å². The molecule has 0 radical (unpaired) electrons. The Hall–Kier alpha value is -1.63. The van der Waals surface area contributed by atoms with Crippen molar-refractivity contribution in [3.05, 3.63) is 60.8 Å². The van der Waals surface area contributed by atoms with Crippen molar-refractivity contribution in [1.82, 2.24) is 0 Å². The number of ketones is 1. The molecule has 0 N–H and O–H groups in total. The van der Waals surface area contributed by atoms with Gasteiger partial charge >= 0.3 is 0 Å². The van der Waals surface area contributed by atoms with Gasteiger partial charge in [-0.3, -0.25) is 0 Å². The molecule has 0 aliphatic rings. The van der Waals surface area contributed by atoms with Gasteiger partial charge in [0.25, 0.3) is 0 Å². The molecule has 0 atom stereocenters. The van der Waals surface area contributed by atoms with Gasteiger partial charge in [0.1, 0.15) is 5.78 Å². The van der Waals surface area contributed by atoms with E-state index in [9.17, 15) is 4.79 Å². The number of hydrogen-bond donors (Lipinski definition) is 0. The molecule has 134 valence electrons. The quantitative estimate of drug-likeness (QED) is 0.228. The number of allylic oxidation sites excluding steroid dienone is 10. The smallest absolute Gasteiger partial charge is 0.129 e. The average Bonchev–Trinajstić information content (AvgIpc) is 2.56. The summed E-state index contributed by atoms with van der Waals surface area (Å²) in [5.74, 6) is 0.310. The number of carbonyl (C=O) groups excluding carboxylic acids is 1. The van der Waals surface area contributed by atoms with Crippen molar-refractivity contribution < 1.29 is 4.79 Å². The van der Waals surface area contributed by atoms with Crippen LogP contribution < -0.4 is 0 Å². The number of carbonyl (C=O) groups is 1. The van der Waals surface area contributed by atoms with Gasteiger partial charge in [0.05, 0.1) is 0 Å². The second kappa shape index (κ2) is 19.4. The fraction of sp³-hybridized carbons (Fsp3) is 0.522. The predicted molar refractivity (Wildman–Crippen MR) is 108 cm³/mol. The van der Waals surface area contributed by atoms with Crippen molar-refractivity contribution in [1.29, 1.82) is 0 Å². The SMILES string of the molecule is CC/C=C\C/C=C\C/C=C\C/C=C\C/C=C\CCCCCC(C)=O. The Morgan fingerprint density at radius 3 is 1.54 bits per heavy atom. The normalized spacial score (nSPS) is 12.8. The Bertz CT molecular complexity index is 421.